The normalized spacial score (nSPS) is 13.3. The zero-order chi connectivity index (χ0) is 24.8. The molecule has 1 fully saturated rings. The van der Waals surface area contributed by atoms with Crippen LogP contribution in [0.4, 0.5) is 0 Å². The Morgan fingerprint density at radius 1 is 1.03 bits per heavy atom. The number of fused-ring (bicyclic) bond motifs is 1. The molecule has 36 heavy (non-hydrogen) atoms. The molecule has 0 atom stereocenters. The van der Waals surface area contributed by atoms with Crippen molar-refractivity contribution in [1.29, 1.82) is 0 Å². The second kappa shape index (κ2) is 8.67. The van der Waals surface area contributed by atoms with Crippen LogP contribution in [0.1, 0.15) is 41.5 Å². The van der Waals surface area contributed by atoms with Gasteiger partial charge >= 0.3 is 0 Å². The van der Waals surface area contributed by atoms with E-state index in [2.05, 4.69) is 20.1 Å². The van der Waals surface area contributed by atoms with Gasteiger partial charge < -0.3 is 9.26 Å². The fraction of sp³-hybridized carbons (Fsp3) is 0.259. The molecule has 1 aromatic carbocycles. The molecule has 9 nitrogen and oxygen atoms in total. The number of aromatic nitrogens is 6. The zero-order valence-electron chi connectivity index (χ0n) is 20.2. The molecule has 5 aromatic rings. The number of pyridine rings is 1. The molecule has 0 bridgehead atoms. The van der Waals surface area contributed by atoms with Crippen LogP contribution in [0.5, 0.6) is 5.88 Å². The maximum absolute atomic E-state index is 13.0. The number of benzene rings is 1. The second-order valence-corrected chi connectivity index (χ2v) is 9.04. The molecule has 4 heterocycles. The highest BCUT2D eigenvalue weighted by Gasteiger charge is 2.31. The monoisotopic (exact) mass is 480 g/mol. The van der Waals surface area contributed by atoms with Crippen LogP contribution in [0, 0.1) is 13.8 Å². The van der Waals surface area contributed by atoms with E-state index in [0.29, 0.717) is 35.4 Å². The lowest BCUT2D eigenvalue weighted by atomic mass is 10.0. The number of ether oxygens (including phenoxy) is 1. The Morgan fingerprint density at radius 2 is 1.83 bits per heavy atom. The third-order valence-electron chi connectivity index (χ3n) is 6.56. The first-order chi connectivity index (χ1) is 17.5. The average Bonchev–Trinajstić information content (AvgIpc) is 3.69. The lowest BCUT2D eigenvalue weighted by Gasteiger charge is -2.13. The lowest BCUT2D eigenvalue weighted by molar-refractivity contribution is 0.393. The second-order valence-electron chi connectivity index (χ2n) is 9.04. The Bertz CT molecular complexity index is 1630. The van der Waals surface area contributed by atoms with Crippen molar-refractivity contribution in [1.82, 2.24) is 29.7 Å². The lowest BCUT2D eigenvalue weighted by Crippen LogP contribution is -2.21. The molecule has 1 saturated carbocycles. The quantitative estimate of drug-likeness (QED) is 0.351. The molecule has 180 valence electrons. The zero-order valence-corrected chi connectivity index (χ0v) is 20.2. The Labute approximate surface area is 206 Å². The van der Waals surface area contributed by atoms with Gasteiger partial charge in [0.25, 0.3) is 5.56 Å². The molecule has 0 spiro atoms. The van der Waals surface area contributed by atoms with Gasteiger partial charge in [0.05, 0.1) is 25.0 Å². The van der Waals surface area contributed by atoms with Crippen molar-refractivity contribution in [2.75, 3.05) is 7.11 Å². The minimum Gasteiger partial charge on any atom is -0.480 e. The molecule has 0 aliphatic heterocycles. The van der Waals surface area contributed by atoms with Crippen molar-refractivity contribution in [3.8, 4) is 28.4 Å². The van der Waals surface area contributed by atoms with Gasteiger partial charge in [0.1, 0.15) is 23.3 Å². The molecule has 9 heteroatoms. The summed E-state index contributed by atoms with van der Waals surface area (Å²) >= 11 is 0. The van der Waals surface area contributed by atoms with Gasteiger partial charge in [-0.05, 0) is 43.9 Å². The van der Waals surface area contributed by atoms with E-state index in [1.54, 1.807) is 30.0 Å². The van der Waals surface area contributed by atoms with Gasteiger partial charge in [-0.15, -0.1) is 0 Å². The van der Waals surface area contributed by atoms with Gasteiger partial charge in [-0.1, -0.05) is 29.4 Å². The predicted molar refractivity (Wildman–Crippen MR) is 134 cm³/mol. The van der Waals surface area contributed by atoms with Crippen molar-refractivity contribution in [3.63, 3.8) is 0 Å². The topological polar surface area (TPSA) is 109 Å². The van der Waals surface area contributed by atoms with E-state index >= 15 is 0 Å². The first-order valence-corrected chi connectivity index (χ1v) is 11.8. The molecule has 0 saturated heterocycles. The van der Waals surface area contributed by atoms with Crippen LogP contribution in [0.25, 0.3) is 33.5 Å². The summed E-state index contributed by atoms with van der Waals surface area (Å²) in [6.45, 7) is 4.19. The summed E-state index contributed by atoms with van der Waals surface area (Å²) in [6.07, 6.45) is 5.38. The molecule has 4 aromatic heterocycles. The van der Waals surface area contributed by atoms with E-state index in [9.17, 15) is 4.79 Å². The third-order valence-corrected chi connectivity index (χ3v) is 6.56. The van der Waals surface area contributed by atoms with Gasteiger partial charge in [-0.2, -0.15) is 0 Å². The number of aryl methyl sites for hydroxylation is 2. The number of methoxy groups -OCH3 is 1. The maximum Gasteiger partial charge on any atom is 0.252 e. The minimum absolute atomic E-state index is 0.138. The summed E-state index contributed by atoms with van der Waals surface area (Å²) in [5, 5.41) is 4.82. The van der Waals surface area contributed by atoms with E-state index in [4.69, 9.17) is 14.2 Å². The molecular formula is C27H24N6O3. The standard InChI is InChI=1S/C27H24N6O3/c1-15-22(16(2)36-32-15)18-6-4-17(5-7-18)13-33-21(34)11-10-20-12-28-25(31-26(20)33)23-24(19-8-9-19)29-14-30-27(23)35-3/h4-7,10-12,14,19H,8-9,13H2,1-3H3. The molecule has 0 unspecified atom stereocenters. The summed E-state index contributed by atoms with van der Waals surface area (Å²) in [5.41, 5.74) is 5.83. The highest BCUT2D eigenvalue weighted by Crippen LogP contribution is 2.44. The summed E-state index contributed by atoms with van der Waals surface area (Å²) in [5.74, 6) is 2.02. The Balaban J connectivity index is 1.42. The first kappa shape index (κ1) is 22.1. The fourth-order valence-electron chi connectivity index (χ4n) is 4.61. The smallest absolute Gasteiger partial charge is 0.252 e. The molecule has 0 N–H and O–H groups in total. The Hall–Kier alpha value is -4.40. The summed E-state index contributed by atoms with van der Waals surface area (Å²) in [4.78, 5) is 31.2. The molecular weight excluding hydrogens is 456 g/mol. The van der Waals surface area contributed by atoms with Crippen molar-refractivity contribution in [3.05, 3.63) is 82.0 Å². The van der Waals surface area contributed by atoms with Crippen molar-refractivity contribution in [2.45, 2.75) is 39.2 Å². The number of nitrogens with zero attached hydrogens (tertiary/aromatic N) is 6. The molecule has 1 aliphatic rings. The fourth-order valence-corrected chi connectivity index (χ4v) is 4.61. The van der Waals surface area contributed by atoms with E-state index in [0.717, 1.165) is 52.1 Å². The Kier molecular flexibility index (Phi) is 5.32. The van der Waals surface area contributed by atoms with E-state index in [-0.39, 0.29) is 5.56 Å². The van der Waals surface area contributed by atoms with Gasteiger partial charge in [-0.3, -0.25) is 9.36 Å². The van der Waals surface area contributed by atoms with Gasteiger partial charge in [-0.25, -0.2) is 19.9 Å². The van der Waals surface area contributed by atoms with Crippen LogP contribution < -0.4 is 10.3 Å². The molecule has 0 radical (unpaired) electrons. The van der Waals surface area contributed by atoms with Crippen molar-refractivity contribution < 1.29 is 9.26 Å². The van der Waals surface area contributed by atoms with Gasteiger partial charge in [0, 0.05) is 29.1 Å². The van der Waals surface area contributed by atoms with Crippen LogP contribution >= 0.6 is 0 Å². The van der Waals surface area contributed by atoms with Crippen LogP contribution in [0.3, 0.4) is 0 Å². The summed E-state index contributed by atoms with van der Waals surface area (Å²) in [6, 6.07) is 11.4. The van der Waals surface area contributed by atoms with Gasteiger partial charge in [0.15, 0.2) is 5.82 Å². The highest BCUT2D eigenvalue weighted by molar-refractivity contribution is 5.78. The van der Waals surface area contributed by atoms with Crippen LogP contribution in [0.2, 0.25) is 0 Å². The number of hydrogen-bond donors (Lipinski definition) is 0. The summed E-state index contributed by atoms with van der Waals surface area (Å²) < 4.78 is 12.5. The maximum atomic E-state index is 13.0. The van der Waals surface area contributed by atoms with Gasteiger partial charge in [0.2, 0.25) is 5.88 Å². The SMILES string of the molecule is COc1ncnc(C2CC2)c1-c1ncc2ccc(=O)n(Cc3ccc(-c4c(C)noc4C)cc3)c2n1. The predicted octanol–water partition coefficient (Wildman–Crippen LogP) is 4.45. The largest absolute Gasteiger partial charge is 0.480 e. The minimum atomic E-state index is -0.138. The Morgan fingerprint density at radius 3 is 2.53 bits per heavy atom. The summed E-state index contributed by atoms with van der Waals surface area (Å²) in [7, 11) is 1.58. The first-order valence-electron chi connectivity index (χ1n) is 11.8. The van der Waals surface area contributed by atoms with Crippen LogP contribution in [-0.4, -0.2) is 36.8 Å². The van der Waals surface area contributed by atoms with E-state index < -0.39 is 0 Å². The van der Waals surface area contributed by atoms with Crippen molar-refractivity contribution >= 4 is 11.0 Å². The molecule has 0 amide bonds. The van der Waals surface area contributed by atoms with Crippen LogP contribution in [-0.2, 0) is 6.54 Å². The van der Waals surface area contributed by atoms with Crippen LogP contribution in [0.15, 0.2) is 58.2 Å². The van der Waals surface area contributed by atoms with Crippen molar-refractivity contribution in [2.24, 2.45) is 0 Å². The van der Waals surface area contributed by atoms with E-state index in [1.807, 2.05) is 38.1 Å². The number of hydrogen-bond acceptors (Lipinski definition) is 8. The van der Waals surface area contributed by atoms with E-state index in [1.165, 1.54) is 6.33 Å². The molecule has 1 aliphatic carbocycles. The molecule has 6 rings (SSSR count). The number of rotatable bonds is 6. The highest BCUT2D eigenvalue weighted by atomic mass is 16.5. The third kappa shape index (κ3) is 3.82. The average molecular weight is 481 g/mol.